The van der Waals surface area contributed by atoms with Crippen LogP contribution < -0.4 is 10.5 Å². The average Bonchev–Trinajstić information content (AvgIpc) is 2.94. The van der Waals surface area contributed by atoms with Crippen molar-refractivity contribution in [3.8, 4) is 5.75 Å². The third-order valence-corrected chi connectivity index (χ3v) is 2.74. The van der Waals surface area contributed by atoms with E-state index in [-0.39, 0.29) is 0 Å². The average molecular weight is 203 g/mol. The Bertz CT molecular complexity index is 488. The lowest BCUT2D eigenvalue weighted by Crippen LogP contribution is -2.01. The number of rotatable bonds is 3. The van der Waals surface area contributed by atoms with Crippen LogP contribution in [-0.2, 0) is 0 Å². The van der Waals surface area contributed by atoms with Crippen LogP contribution in [0.3, 0.4) is 0 Å². The molecular formula is C11H13N3O. The molecule has 0 amide bonds. The lowest BCUT2D eigenvalue weighted by molar-refractivity contribution is 0.301. The van der Waals surface area contributed by atoms with Crippen LogP contribution in [0.4, 0.5) is 5.69 Å². The van der Waals surface area contributed by atoms with Gasteiger partial charge in [-0.2, -0.15) is 5.10 Å². The van der Waals surface area contributed by atoms with Crippen molar-refractivity contribution in [1.82, 2.24) is 10.2 Å². The van der Waals surface area contributed by atoms with E-state index in [1.807, 2.05) is 12.1 Å². The summed E-state index contributed by atoms with van der Waals surface area (Å²) in [5.41, 5.74) is 7.54. The highest BCUT2D eigenvalue weighted by molar-refractivity contribution is 5.84. The number of nitrogens with zero attached hydrogens (tertiary/aromatic N) is 1. The van der Waals surface area contributed by atoms with Gasteiger partial charge >= 0.3 is 0 Å². The molecule has 1 aliphatic carbocycles. The fourth-order valence-electron chi connectivity index (χ4n) is 1.61. The van der Waals surface area contributed by atoms with E-state index in [1.54, 1.807) is 6.20 Å². The van der Waals surface area contributed by atoms with E-state index in [2.05, 4.69) is 10.2 Å². The second-order valence-electron chi connectivity index (χ2n) is 4.10. The molecule has 0 unspecified atom stereocenters. The number of aromatic amines is 1. The molecule has 1 saturated carbocycles. The topological polar surface area (TPSA) is 63.9 Å². The molecule has 4 nitrogen and oxygen atoms in total. The first-order valence-electron chi connectivity index (χ1n) is 5.18. The first-order chi connectivity index (χ1) is 7.33. The van der Waals surface area contributed by atoms with Crippen LogP contribution in [-0.4, -0.2) is 16.8 Å². The van der Waals surface area contributed by atoms with E-state index < -0.39 is 0 Å². The van der Waals surface area contributed by atoms with Crippen molar-refractivity contribution < 1.29 is 4.74 Å². The van der Waals surface area contributed by atoms with Gasteiger partial charge < -0.3 is 10.5 Å². The minimum Gasteiger partial charge on any atom is -0.491 e. The van der Waals surface area contributed by atoms with Gasteiger partial charge in [0.25, 0.3) is 0 Å². The molecule has 78 valence electrons. The largest absolute Gasteiger partial charge is 0.491 e. The first kappa shape index (κ1) is 8.59. The molecule has 2 aromatic rings. The van der Waals surface area contributed by atoms with Gasteiger partial charge in [0.15, 0.2) is 0 Å². The molecule has 0 spiro atoms. The minimum absolute atomic E-state index is 0.685. The molecule has 0 radical (unpaired) electrons. The molecule has 0 atom stereocenters. The molecule has 1 aliphatic rings. The number of hydrogen-bond donors (Lipinski definition) is 2. The molecule has 1 aromatic carbocycles. The number of anilines is 1. The number of nitrogen functional groups attached to an aromatic ring is 1. The summed E-state index contributed by atoms with van der Waals surface area (Å²) >= 11 is 0. The summed E-state index contributed by atoms with van der Waals surface area (Å²) in [4.78, 5) is 0. The van der Waals surface area contributed by atoms with Crippen molar-refractivity contribution in [2.24, 2.45) is 5.92 Å². The third-order valence-electron chi connectivity index (χ3n) is 2.74. The zero-order valence-corrected chi connectivity index (χ0v) is 8.36. The lowest BCUT2D eigenvalue weighted by atomic mass is 10.2. The molecule has 1 aromatic heterocycles. The summed E-state index contributed by atoms with van der Waals surface area (Å²) < 4.78 is 5.67. The van der Waals surface area contributed by atoms with Crippen LogP contribution in [0.15, 0.2) is 18.3 Å². The number of hydrogen-bond acceptors (Lipinski definition) is 3. The molecule has 15 heavy (non-hydrogen) atoms. The smallest absolute Gasteiger partial charge is 0.144 e. The molecule has 4 heteroatoms. The quantitative estimate of drug-likeness (QED) is 0.749. The molecule has 0 bridgehead atoms. The number of benzene rings is 1. The molecule has 1 heterocycles. The highest BCUT2D eigenvalue weighted by Gasteiger charge is 2.22. The predicted molar refractivity (Wildman–Crippen MR) is 58.7 cm³/mol. The van der Waals surface area contributed by atoms with Crippen LogP contribution in [0, 0.1) is 5.92 Å². The SMILES string of the molecule is Nc1cc2cn[nH]c2cc1OCC1CC1. The van der Waals surface area contributed by atoms with Crippen LogP contribution in [0.5, 0.6) is 5.75 Å². The lowest BCUT2D eigenvalue weighted by Gasteiger charge is -2.07. The van der Waals surface area contributed by atoms with E-state index in [9.17, 15) is 0 Å². The minimum atomic E-state index is 0.685. The normalized spacial score (nSPS) is 15.7. The van der Waals surface area contributed by atoms with Crippen LogP contribution in [0.25, 0.3) is 10.9 Å². The Hall–Kier alpha value is -1.71. The Morgan fingerprint density at radius 2 is 2.33 bits per heavy atom. The summed E-state index contributed by atoms with van der Waals surface area (Å²) in [5, 5.41) is 7.88. The molecular weight excluding hydrogens is 190 g/mol. The summed E-state index contributed by atoms with van der Waals surface area (Å²) in [7, 11) is 0. The fraction of sp³-hybridized carbons (Fsp3) is 0.364. The van der Waals surface area contributed by atoms with Gasteiger partial charge in [-0.1, -0.05) is 0 Å². The van der Waals surface area contributed by atoms with E-state index in [0.717, 1.165) is 29.2 Å². The first-order valence-corrected chi connectivity index (χ1v) is 5.18. The van der Waals surface area contributed by atoms with Crippen LogP contribution >= 0.6 is 0 Å². The predicted octanol–water partition coefficient (Wildman–Crippen LogP) is 1.93. The highest BCUT2D eigenvalue weighted by atomic mass is 16.5. The second-order valence-corrected chi connectivity index (χ2v) is 4.10. The van der Waals surface area contributed by atoms with Crippen molar-refractivity contribution in [3.63, 3.8) is 0 Å². The van der Waals surface area contributed by atoms with Crippen molar-refractivity contribution >= 4 is 16.6 Å². The van der Waals surface area contributed by atoms with Gasteiger partial charge in [0.1, 0.15) is 5.75 Å². The standard InChI is InChI=1S/C11H13N3O/c12-9-3-8-5-13-14-10(8)4-11(9)15-6-7-1-2-7/h3-5,7H,1-2,6,12H2,(H,13,14). The number of H-pyrrole nitrogens is 1. The van der Waals surface area contributed by atoms with Gasteiger partial charge in [-0.3, -0.25) is 5.10 Å². The summed E-state index contributed by atoms with van der Waals surface area (Å²) in [6, 6.07) is 3.81. The van der Waals surface area contributed by atoms with Crippen molar-refractivity contribution in [2.45, 2.75) is 12.8 Å². The number of nitrogens with one attached hydrogen (secondary N) is 1. The number of nitrogens with two attached hydrogens (primary N) is 1. The molecule has 0 aliphatic heterocycles. The summed E-state index contributed by atoms with van der Waals surface area (Å²) in [5.74, 6) is 1.50. The third kappa shape index (κ3) is 1.63. The Morgan fingerprint density at radius 1 is 1.47 bits per heavy atom. The Labute approximate surface area is 87.4 Å². The number of ether oxygens (including phenoxy) is 1. The van der Waals surface area contributed by atoms with Crippen molar-refractivity contribution in [2.75, 3.05) is 12.3 Å². The molecule has 3 N–H and O–H groups in total. The van der Waals surface area contributed by atoms with E-state index in [4.69, 9.17) is 10.5 Å². The van der Waals surface area contributed by atoms with Gasteiger partial charge in [0, 0.05) is 11.5 Å². The molecule has 3 rings (SSSR count). The number of aromatic nitrogens is 2. The van der Waals surface area contributed by atoms with E-state index in [1.165, 1.54) is 12.8 Å². The monoisotopic (exact) mass is 203 g/mol. The maximum absolute atomic E-state index is 5.89. The van der Waals surface area contributed by atoms with E-state index in [0.29, 0.717) is 5.69 Å². The van der Waals surface area contributed by atoms with Gasteiger partial charge in [-0.15, -0.1) is 0 Å². The van der Waals surface area contributed by atoms with Gasteiger partial charge in [0.05, 0.1) is 24.0 Å². The highest BCUT2D eigenvalue weighted by Crippen LogP contribution is 2.32. The summed E-state index contributed by atoms with van der Waals surface area (Å²) in [6.45, 7) is 0.782. The zero-order valence-electron chi connectivity index (χ0n) is 8.36. The van der Waals surface area contributed by atoms with E-state index >= 15 is 0 Å². The maximum Gasteiger partial charge on any atom is 0.144 e. The zero-order chi connectivity index (χ0) is 10.3. The number of fused-ring (bicyclic) bond motifs is 1. The fourth-order valence-corrected chi connectivity index (χ4v) is 1.61. The Kier molecular flexibility index (Phi) is 1.80. The van der Waals surface area contributed by atoms with Crippen molar-refractivity contribution in [3.05, 3.63) is 18.3 Å². The van der Waals surface area contributed by atoms with Crippen LogP contribution in [0.2, 0.25) is 0 Å². The van der Waals surface area contributed by atoms with Crippen molar-refractivity contribution in [1.29, 1.82) is 0 Å². The Balaban J connectivity index is 1.90. The van der Waals surface area contributed by atoms with Crippen LogP contribution in [0.1, 0.15) is 12.8 Å². The van der Waals surface area contributed by atoms with Gasteiger partial charge in [0.2, 0.25) is 0 Å². The van der Waals surface area contributed by atoms with Gasteiger partial charge in [-0.05, 0) is 24.8 Å². The maximum atomic E-state index is 5.89. The second kappa shape index (κ2) is 3.15. The molecule has 0 saturated heterocycles. The Morgan fingerprint density at radius 3 is 3.13 bits per heavy atom. The molecule has 1 fully saturated rings. The summed E-state index contributed by atoms with van der Waals surface area (Å²) in [6.07, 6.45) is 4.33. The van der Waals surface area contributed by atoms with Gasteiger partial charge in [-0.25, -0.2) is 0 Å².